The quantitative estimate of drug-likeness (QED) is 0.781. The molecule has 0 radical (unpaired) electrons. The Labute approximate surface area is 115 Å². The number of anilines is 1. The molecule has 98 valence electrons. The van der Waals surface area contributed by atoms with Gasteiger partial charge in [0.1, 0.15) is 0 Å². The first-order valence-corrected chi connectivity index (χ1v) is 6.52. The second kappa shape index (κ2) is 5.01. The molecule has 1 aliphatic rings. The van der Waals surface area contributed by atoms with Gasteiger partial charge in [0.05, 0.1) is 11.0 Å². The maximum atomic E-state index is 10.7. The number of nitrogens with zero attached hydrogens (tertiary/aromatic N) is 4. The van der Waals surface area contributed by atoms with Crippen molar-refractivity contribution in [2.24, 2.45) is 0 Å². The van der Waals surface area contributed by atoms with E-state index in [0.717, 1.165) is 30.5 Å². The Morgan fingerprint density at radius 1 is 1.05 bits per heavy atom. The number of carbonyl (C=O) groups is 1. The SMILES string of the molecule is O=CN1CCN(c2nc3ccccc3nc2Cl)CC1. The van der Waals surface area contributed by atoms with Gasteiger partial charge in [-0.1, -0.05) is 23.7 Å². The molecule has 1 fully saturated rings. The molecule has 1 aromatic heterocycles. The Morgan fingerprint density at radius 3 is 2.32 bits per heavy atom. The fourth-order valence-corrected chi connectivity index (χ4v) is 2.46. The van der Waals surface area contributed by atoms with E-state index in [2.05, 4.69) is 14.9 Å². The molecular formula is C13H13ClN4O. The largest absolute Gasteiger partial charge is 0.350 e. The topological polar surface area (TPSA) is 49.3 Å². The summed E-state index contributed by atoms with van der Waals surface area (Å²) in [5, 5.41) is 0.415. The molecule has 0 atom stereocenters. The van der Waals surface area contributed by atoms with Crippen LogP contribution in [0.2, 0.25) is 5.15 Å². The van der Waals surface area contributed by atoms with Gasteiger partial charge in [0.15, 0.2) is 11.0 Å². The summed E-state index contributed by atoms with van der Waals surface area (Å²) >= 11 is 6.21. The highest BCUT2D eigenvalue weighted by molar-refractivity contribution is 6.32. The van der Waals surface area contributed by atoms with E-state index < -0.39 is 0 Å². The van der Waals surface area contributed by atoms with Crippen LogP contribution in [0.3, 0.4) is 0 Å². The van der Waals surface area contributed by atoms with Gasteiger partial charge >= 0.3 is 0 Å². The summed E-state index contributed by atoms with van der Waals surface area (Å²) in [7, 11) is 0. The molecule has 3 rings (SSSR count). The molecule has 0 N–H and O–H groups in total. The molecule has 1 aromatic carbocycles. The van der Waals surface area contributed by atoms with E-state index >= 15 is 0 Å². The Morgan fingerprint density at radius 2 is 1.68 bits per heavy atom. The van der Waals surface area contributed by atoms with Gasteiger partial charge in [-0.2, -0.15) is 0 Å². The predicted molar refractivity (Wildman–Crippen MR) is 74.4 cm³/mol. The first-order valence-electron chi connectivity index (χ1n) is 6.14. The van der Waals surface area contributed by atoms with Gasteiger partial charge in [0, 0.05) is 26.2 Å². The zero-order valence-corrected chi connectivity index (χ0v) is 11.0. The Kier molecular flexibility index (Phi) is 3.21. The van der Waals surface area contributed by atoms with Crippen molar-refractivity contribution >= 4 is 34.9 Å². The van der Waals surface area contributed by atoms with Crippen LogP contribution in [0.1, 0.15) is 0 Å². The number of piperazine rings is 1. The third-order valence-electron chi connectivity index (χ3n) is 3.27. The van der Waals surface area contributed by atoms with Crippen molar-refractivity contribution < 1.29 is 4.79 Å². The molecule has 5 nitrogen and oxygen atoms in total. The van der Waals surface area contributed by atoms with Crippen LogP contribution in [0.25, 0.3) is 11.0 Å². The minimum atomic E-state index is 0.415. The molecule has 0 saturated carbocycles. The van der Waals surface area contributed by atoms with E-state index in [0.29, 0.717) is 24.1 Å². The lowest BCUT2D eigenvalue weighted by Gasteiger charge is -2.33. The molecule has 0 aliphatic carbocycles. The molecular weight excluding hydrogens is 264 g/mol. The van der Waals surface area contributed by atoms with Gasteiger partial charge in [0.2, 0.25) is 6.41 Å². The third kappa shape index (κ3) is 2.33. The third-order valence-corrected chi connectivity index (χ3v) is 3.53. The summed E-state index contributed by atoms with van der Waals surface area (Å²) in [4.78, 5) is 23.5. The number of hydrogen-bond donors (Lipinski definition) is 0. The highest BCUT2D eigenvalue weighted by atomic mass is 35.5. The lowest BCUT2D eigenvalue weighted by atomic mass is 10.3. The van der Waals surface area contributed by atoms with Crippen molar-refractivity contribution in [3.63, 3.8) is 0 Å². The summed E-state index contributed by atoms with van der Waals surface area (Å²) in [6.07, 6.45) is 0.880. The highest BCUT2D eigenvalue weighted by Crippen LogP contribution is 2.25. The molecule has 0 bridgehead atoms. The molecule has 1 saturated heterocycles. The maximum absolute atomic E-state index is 10.7. The van der Waals surface area contributed by atoms with Crippen molar-refractivity contribution in [3.05, 3.63) is 29.4 Å². The zero-order valence-electron chi connectivity index (χ0n) is 10.3. The van der Waals surface area contributed by atoms with Gasteiger partial charge < -0.3 is 9.80 Å². The molecule has 2 heterocycles. The number of aromatic nitrogens is 2. The monoisotopic (exact) mass is 276 g/mol. The fourth-order valence-electron chi connectivity index (χ4n) is 2.21. The Balaban J connectivity index is 1.92. The maximum Gasteiger partial charge on any atom is 0.209 e. The second-order valence-corrected chi connectivity index (χ2v) is 4.81. The minimum Gasteiger partial charge on any atom is -0.350 e. The number of hydrogen-bond acceptors (Lipinski definition) is 4. The van der Waals surface area contributed by atoms with E-state index in [1.165, 1.54) is 0 Å². The molecule has 1 amide bonds. The summed E-state index contributed by atoms with van der Waals surface area (Å²) in [5.74, 6) is 0.700. The van der Waals surface area contributed by atoms with Crippen molar-refractivity contribution in [1.82, 2.24) is 14.9 Å². The van der Waals surface area contributed by atoms with Gasteiger partial charge in [-0.25, -0.2) is 9.97 Å². The first kappa shape index (κ1) is 12.2. The number of halogens is 1. The van der Waals surface area contributed by atoms with Crippen molar-refractivity contribution in [3.8, 4) is 0 Å². The second-order valence-electron chi connectivity index (χ2n) is 4.46. The van der Waals surface area contributed by atoms with Gasteiger partial charge in [0.25, 0.3) is 0 Å². The van der Waals surface area contributed by atoms with E-state index in [-0.39, 0.29) is 0 Å². The van der Waals surface area contributed by atoms with Gasteiger partial charge in [-0.05, 0) is 12.1 Å². The zero-order chi connectivity index (χ0) is 13.2. The molecule has 6 heteroatoms. The summed E-state index contributed by atoms with van der Waals surface area (Å²) < 4.78 is 0. The first-order chi connectivity index (χ1) is 9.28. The van der Waals surface area contributed by atoms with Crippen molar-refractivity contribution in [2.45, 2.75) is 0 Å². The Bertz CT molecular complexity index is 611. The van der Waals surface area contributed by atoms with E-state index in [1.54, 1.807) is 4.90 Å². The van der Waals surface area contributed by atoms with Crippen LogP contribution < -0.4 is 4.90 Å². The number of carbonyl (C=O) groups excluding carboxylic acids is 1. The van der Waals surface area contributed by atoms with Crippen molar-refractivity contribution in [2.75, 3.05) is 31.1 Å². The van der Waals surface area contributed by atoms with Crippen LogP contribution in [-0.4, -0.2) is 47.5 Å². The number of para-hydroxylation sites is 2. The normalized spacial score (nSPS) is 15.8. The van der Waals surface area contributed by atoms with Crippen LogP contribution in [-0.2, 0) is 4.79 Å². The lowest BCUT2D eigenvalue weighted by Crippen LogP contribution is -2.46. The average Bonchev–Trinajstić information content (AvgIpc) is 2.47. The summed E-state index contributed by atoms with van der Waals surface area (Å²) in [6.45, 7) is 2.83. The Hall–Kier alpha value is -1.88. The number of rotatable bonds is 2. The smallest absolute Gasteiger partial charge is 0.209 e. The fraction of sp³-hybridized carbons (Fsp3) is 0.308. The summed E-state index contributed by atoms with van der Waals surface area (Å²) in [5.41, 5.74) is 1.63. The van der Waals surface area contributed by atoms with E-state index in [9.17, 15) is 4.79 Å². The van der Waals surface area contributed by atoms with Gasteiger partial charge in [-0.3, -0.25) is 4.79 Å². The van der Waals surface area contributed by atoms with Crippen LogP contribution >= 0.6 is 11.6 Å². The van der Waals surface area contributed by atoms with Crippen LogP contribution in [0.4, 0.5) is 5.82 Å². The standard InChI is InChI=1S/C13H13ClN4O/c14-12-13(18-7-5-17(9-19)6-8-18)16-11-4-2-1-3-10(11)15-12/h1-4,9H,5-8H2. The van der Waals surface area contributed by atoms with Crippen LogP contribution in [0.15, 0.2) is 24.3 Å². The molecule has 0 unspecified atom stereocenters. The van der Waals surface area contributed by atoms with E-state index in [1.807, 2.05) is 24.3 Å². The molecule has 0 spiro atoms. The van der Waals surface area contributed by atoms with Crippen LogP contribution in [0.5, 0.6) is 0 Å². The molecule has 2 aromatic rings. The number of fused-ring (bicyclic) bond motifs is 1. The minimum absolute atomic E-state index is 0.415. The lowest BCUT2D eigenvalue weighted by molar-refractivity contribution is -0.118. The number of benzene rings is 1. The van der Waals surface area contributed by atoms with Gasteiger partial charge in [-0.15, -0.1) is 0 Å². The molecule has 19 heavy (non-hydrogen) atoms. The molecule has 1 aliphatic heterocycles. The average molecular weight is 277 g/mol. The van der Waals surface area contributed by atoms with Crippen molar-refractivity contribution in [1.29, 1.82) is 0 Å². The number of amides is 1. The predicted octanol–water partition coefficient (Wildman–Crippen LogP) is 1.56. The van der Waals surface area contributed by atoms with E-state index in [4.69, 9.17) is 11.6 Å². The summed E-state index contributed by atoms with van der Waals surface area (Å²) in [6, 6.07) is 7.65. The van der Waals surface area contributed by atoms with Crippen LogP contribution in [0, 0.1) is 0 Å². The highest BCUT2D eigenvalue weighted by Gasteiger charge is 2.20.